The number of para-hydroxylation sites is 1. The molecule has 0 radical (unpaired) electrons. The largest absolute Gasteiger partial charge is 0.437 e. The maximum absolute atomic E-state index is 9.31. The molecule has 3 heteroatoms. The highest BCUT2D eigenvalue weighted by atomic mass is 16.3. The van der Waals surface area contributed by atoms with Gasteiger partial charge in [-0.3, -0.25) is 4.98 Å². The third kappa shape index (κ3) is 4.66. The molecule has 0 atom stereocenters. The topological polar surface area (TPSA) is 38.9 Å². The summed E-state index contributed by atoms with van der Waals surface area (Å²) in [5, 5.41) is 1.24. The van der Waals surface area contributed by atoms with Crippen molar-refractivity contribution in [1.82, 2.24) is 9.97 Å². The number of furan rings is 1. The quantitative estimate of drug-likeness (QED) is 0.197. The van der Waals surface area contributed by atoms with Crippen molar-refractivity contribution in [2.24, 2.45) is 0 Å². The Labute approximate surface area is 269 Å². The van der Waals surface area contributed by atoms with Crippen LogP contribution in [0.4, 0.5) is 0 Å². The minimum absolute atomic E-state index is 0.0134. The van der Waals surface area contributed by atoms with Crippen LogP contribution in [0, 0.1) is 20.6 Å². The zero-order chi connectivity index (χ0) is 38.5. The monoisotopic (exact) mass is 574 g/mol. The first-order valence-electron chi connectivity index (χ1n) is 19.7. The van der Waals surface area contributed by atoms with Crippen LogP contribution >= 0.6 is 0 Å². The Morgan fingerprint density at radius 3 is 2.37 bits per heavy atom. The van der Waals surface area contributed by atoms with Gasteiger partial charge in [0.05, 0.1) is 7.06 Å². The van der Waals surface area contributed by atoms with Gasteiger partial charge in [-0.05, 0) is 113 Å². The fourth-order valence-electron chi connectivity index (χ4n) is 6.69. The van der Waals surface area contributed by atoms with E-state index in [2.05, 4.69) is 49.8 Å². The summed E-state index contributed by atoms with van der Waals surface area (Å²) in [4.78, 5) is 8.75. The predicted molar refractivity (Wildman–Crippen MR) is 180 cm³/mol. The van der Waals surface area contributed by atoms with Crippen molar-refractivity contribution in [3.8, 4) is 33.5 Å². The van der Waals surface area contributed by atoms with E-state index in [1.807, 2.05) is 6.07 Å². The molecule has 0 spiro atoms. The first-order valence-corrected chi connectivity index (χ1v) is 14.7. The van der Waals surface area contributed by atoms with E-state index in [1.165, 1.54) is 29.5 Å². The Morgan fingerprint density at radius 2 is 1.56 bits per heavy atom. The molecule has 3 aromatic heterocycles. The van der Waals surface area contributed by atoms with Crippen molar-refractivity contribution in [3.63, 3.8) is 0 Å². The molecule has 0 amide bonds. The van der Waals surface area contributed by atoms with Crippen LogP contribution in [0.25, 0.3) is 55.6 Å². The van der Waals surface area contributed by atoms with Gasteiger partial charge in [0.1, 0.15) is 5.58 Å². The van der Waals surface area contributed by atoms with E-state index in [4.69, 9.17) is 16.8 Å². The first kappa shape index (κ1) is 18.4. The summed E-state index contributed by atoms with van der Waals surface area (Å²) in [6, 6.07) is 19.2. The molecule has 3 heterocycles. The van der Waals surface area contributed by atoms with Crippen LogP contribution in [0.15, 0.2) is 83.4 Å². The molecule has 43 heavy (non-hydrogen) atoms. The molecular weight excluding hydrogens is 524 g/mol. The van der Waals surface area contributed by atoms with Gasteiger partial charge in [-0.1, -0.05) is 82.6 Å². The lowest BCUT2D eigenvalue weighted by Gasteiger charge is -2.30. The summed E-state index contributed by atoms with van der Waals surface area (Å²) >= 11 is 0. The summed E-state index contributed by atoms with van der Waals surface area (Å²) in [5.41, 5.74) is 4.51. The van der Waals surface area contributed by atoms with Crippen LogP contribution in [0.3, 0.4) is 0 Å². The third-order valence-corrected chi connectivity index (χ3v) is 9.17. The summed E-state index contributed by atoms with van der Waals surface area (Å²) in [6.45, 7) is 1.15. The summed E-state index contributed by atoms with van der Waals surface area (Å²) in [7, 11) is 0. The Hall–Kier alpha value is -4.24. The molecule has 6 aromatic rings. The number of hydrogen-bond acceptors (Lipinski definition) is 3. The summed E-state index contributed by atoms with van der Waals surface area (Å²) in [5.74, 6) is 0. The van der Waals surface area contributed by atoms with E-state index in [1.54, 1.807) is 36.4 Å². The highest BCUT2D eigenvalue weighted by molar-refractivity contribution is 6.08. The highest BCUT2D eigenvalue weighted by Crippen LogP contribution is 2.45. The van der Waals surface area contributed by atoms with Gasteiger partial charge in [0.25, 0.3) is 0 Å². The molecule has 3 aromatic carbocycles. The van der Waals surface area contributed by atoms with Gasteiger partial charge in [0.2, 0.25) is 5.71 Å². The highest BCUT2D eigenvalue weighted by Gasteiger charge is 2.34. The van der Waals surface area contributed by atoms with Crippen LogP contribution in [0.1, 0.15) is 88.6 Å². The van der Waals surface area contributed by atoms with Crippen LogP contribution in [0.2, 0.25) is 0 Å². The van der Waals surface area contributed by atoms with Crippen LogP contribution in [-0.2, 0) is 10.8 Å². The molecule has 1 aliphatic carbocycles. The smallest absolute Gasteiger partial charge is 0.227 e. The van der Waals surface area contributed by atoms with Crippen molar-refractivity contribution in [2.45, 2.75) is 78.3 Å². The minimum Gasteiger partial charge on any atom is -0.437 e. The van der Waals surface area contributed by atoms with Gasteiger partial charge in [-0.2, -0.15) is 0 Å². The summed E-state index contributed by atoms with van der Waals surface area (Å²) in [6.07, 6.45) is 4.37. The Kier molecular flexibility index (Phi) is 4.25. The Bertz CT molecular complexity index is 2420. The lowest BCUT2D eigenvalue weighted by molar-refractivity contribution is 0.433. The Balaban J connectivity index is 1.43. The van der Waals surface area contributed by atoms with Crippen molar-refractivity contribution >= 4 is 22.1 Å². The van der Waals surface area contributed by atoms with Gasteiger partial charge < -0.3 is 4.42 Å². The fourth-order valence-corrected chi connectivity index (χ4v) is 6.69. The molecule has 0 unspecified atom stereocenters. The lowest BCUT2D eigenvalue weighted by Crippen LogP contribution is -2.21. The van der Waals surface area contributed by atoms with Crippen LogP contribution < -0.4 is 0 Å². The molecule has 0 bridgehead atoms. The van der Waals surface area contributed by atoms with Crippen molar-refractivity contribution in [2.75, 3.05) is 0 Å². The molecule has 0 aliphatic heterocycles. The summed E-state index contributed by atoms with van der Waals surface area (Å²) < 4.78 is 89.7. The standard InChI is InChI=1S/C40H40N2O/c1-24-20-27(28-14-17-34-35(21-28)40(6,7)19-9-18-39(34,4)5)13-16-29(24)33-22-36(41-23-25(33)2)32-11-8-10-30-31-15-12-26(3)42-38(31)43-37(30)32/h8,10-17,20-23H,9,18-19H2,1-7H3/i1D3,2D3,3D3,16D. The second-order valence-corrected chi connectivity index (χ2v) is 13.0. The second kappa shape index (κ2) is 9.91. The maximum atomic E-state index is 9.31. The zero-order valence-electron chi connectivity index (χ0n) is 34.9. The third-order valence-electron chi connectivity index (χ3n) is 9.17. The van der Waals surface area contributed by atoms with E-state index >= 15 is 0 Å². The van der Waals surface area contributed by atoms with E-state index in [0.29, 0.717) is 27.5 Å². The van der Waals surface area contributed by atoms with Crippen LogP contribution in [-0.4, -0.2) is 9.97 Å². The van der Waals surface area contributed by atoms with E-state index in [0.717, 1.165) is 24.8 Å². The first-order chi connectivity index (χ1) is 24.6. The van der Waals surface area contributed by atoms with Crippen LogP contribution in [0.5, 0.6) is 0 Å². The number of aryl methyl sites for hydroxylation is 3. The van der Waals surface area contributed by atoms with Gasteiger partial charge in [-0.25, -0.2) is 4.98 Å². The SMILES string of the molecule is [2H]c1cc(-c2ccc3c(c2)C(C)(C)CCCC3(C)C)cc(C([2H])([2H])[2H])c1-c1cc(-c2cccc3c2oc2nc(C([2H])([2H])[2H])ccc23)ncc1C([2H])([2H])[2H]. The van der Waals surface area contributed by atoms with Gasteiger partial charge >= 0.3 is 0 Å². The molecule has 0 N–H and O–H groups in total. The number of fused-ring (bicyclic) bond motifs is 4. The number of benzene rings is 3. The number of hydrogen-bond donors (Lipinski definition) is 0. The fraction of sp³-hybridized carbons (Fsp3) is 0.300. The molecule has 3 nitrogen and oxygen atoms in total. The van der Waals surface area contributed by atoms with Gasteiger partial charge in [-0.15, -0.1) is 0 Å². The molecule has 0 saturated heterocycles. The molecule has 1 aliphatic rings. The normalized spacial score (nSPS) is 20.2. The van der Waals surface area contributed by atoms with E-state index in [9.17, 15) is 1.37 Å². The van der Waals surface area contributed by atoms with Gasteiger partial charge in [0, 0.05) is 40.6 Å². The average molecular weight is 575 g/mol. The van der Waals surface area contributed by atoms with E-state index < -0.39 is 20.6 Å². The Morgan fingerprint density at radius 1 is 0.744 bits per heavy atom. The van der Waals surface area contributed by atoms with Crippen molar-refractivity contribution < 1.29 is 18.1 Å². The van der Waals surface area contributed by atoms with E-state index in [-0.39, 0.29) is 56.2 Å². The number of pyridine rings is 2. The average Bonchev–Trinajstić information content (AvgIpc) is 3.40. The lowest BCUT2D eigenvalue weighted by atomic mass is 9.74. The minimum atomic E-state index is -2.70. The number of aromatic nitrogens is 2. The molecule has 0 fully saturated rings. The molecule has 7 rings (SSSR count). The van der Waals surface area contributed by atoms with Gasteiger partial charge in [0.15, 0.2) is 0 Å². The van der Waals surface area contributed by atoms with Crippen molar-refractivity contribution in [3.05, 3.63) is 107 Å². The molecule has 0 saturated carbocycles. The predicted octanol–water partition coefficient (Wildman–Crippen LogP) is 11.0. The zero-order valence-corrected chi connectivity index (χ0v) is 24.9. The molecular formula is C40H40N2O. The maximum Gasteiger partial charge on any atom is 0.227 e. The number of nitrogens with zero attached hydrogens (tertiary/aromatic N) is 2. The molecule has 216 valence electrons. The number of rotatable bonds is 3. The second-order valence-electron chi connectivity index (χ2n) is 13.0. The van der Waals surface area contributed by atoms with Crippen molar-refractivity contribution in [1.29, 1.82) is 0 Å².